The Kier molecular flexibility index (Phi) is 8.87. The Hall–Kier alpha value is -3.60. The molecule has 3 aromatic carbocycles. The molecule has 3 aromatic rings. The highest BCUT2D eigenvalue weighted by Gasteiger charge is 2.12. The van der Waals surface area contributed by atoms with E-state index in [4.69, 9.17) is 9.47 Å². The number of carbonyl (C=O) groups is 2. The number of hydrogen-bond donors (Lipinski definition) is 1. The van der Waals surface area contributed by atoms with Crippen LogP contribution in [0.2, 0.25) is 0 Å². The Morgan fingerprint density at radius 2 is 1.44 bits per heavy atom. The van der Waals surface area contributed by atoms with Crippen molar-refractivity contribution in [3.63, 3.8) is 0 Å². The lowest BCUT2D eigenvalue weighted by molar-refractivity contribution is -0.150. The van der Waals surface area contributed by atoms with Gasteiger partial charge in [-0.25, -0.2) is 4.79 Å². The Labute approximate surface area is 189 Å². The SMILES string of the molecule is CC(CCc1ccccc1)NC(=O)COC(=O)COc1ccccc1Cc1ccccc1. The van der Waals surface area contributed by atoms with Gasteiger partial charge in [-0.2, -0.15) is 0 Å². The van der Waals surface area contributed by atoms with Gasteiger partial charge in [0.1, 0.15) is 5.75 Å². The van der Waals surface area contributed by atoms with Gasteiger partial charge in [-0.1, -0.05) is 78.9 Å². The van der Waals surface area contributed by atoms with E-state index < -0.39 is 5.97 Å². The van der Waals surface area contributed by atoms with Crippen LogP contribution in [0.1, 0.15) is 30.0 Å². The van der Waals surface area contributed by atoms with E-state index in [9.17, 15) is 9.59 Å². The Balaban J connectivity index is 1.38. The Morgan fingerprint density at radius 1 is 0.812 bits per heavy atom. The van der Waals surface area contributed by atoms with Crippen LogP contribution < -0.4 is 10.1 Å². The molecule has 166 valence electrons. The van der Waals surface area contributed by atoms with Gasteiger partial charge in [0.15, 0.2) is 13.2 Å². The highest BCUT2D eigenvalue weighted by Crippen LogP contribution is 2.21. The van der Waals surface area contributed by atoms with Gasteiger partial charge >= 0.3 is 5.97 Å². The maximum Gasteiger partial charge on any atom is 0.344 e. The summed E-state index contributed by atoms with van der Waals surface area (Å²) in [4.78, 5) is 24.1. The summed E-state index contributed by atoms with van der Waals surface area (Å²) in [7, 11) is 0. The number of ether oxygens (including phenoxy) is 2. The normalized spacial score (nSPS) is 11.4. The molecule has 5 heteroatoms. The molecule has 32 heavy (non-hydrogen) atoms. The summed E-state index contributed by atoms with van der Waals surface area (Å²) in [6.07, 6.45) is 2.39. The van der Waals surface area contributed by atoms with Crippen molar-refractivity contribution in [2.45, 2.75) is 32.2 Å². The summed E-state index contributed by atoms with van der Waals surface area (Å²) >= 11 is 0. The molecule has 0 aliphatic heterocycles. The minimum absolute atomic E-state index is 0.0116. The number of para-hydroxylation sites is 1. The molecule has 0 aliphatic carbocycles. The molecule has 0 saturated heterocycles. The fourth-order valence-electron chi connectivity index (χ4n) is 3.35. The molecule has 0 bridgehead atoms. The Bertz CT molecular complexity index is 989. The van der Waals surface area contributed by atoms with E-state index in [1.807, 2.05) is 79.7 Å². The second-order valence-electron chi connectivity index (χ2n) is 7.71. The van der Waals surface area contributed by atoms with Gasteiger partial charge in [0.05, 0.1) is 0 Å². The third-order valence-corrected chi connectivity index (χ3v) is 5.04. The van der Waals surface area contributed by atoms with Crippen LogP contribution in [0, 0.1) is 0 Å². The number of amides is 1. The van der Waals surface area contributed by atoms with Crippen molar-refractivity contribution in [1.29, 1.82) is 0 Å². The zero-order chi connectivity index (χ0) is 22.6. The molecule has 0 heterocycles. The maximum atomic E-state index is 12.1. The van der Waals surface area contributed by atoms with Crippen LogP contribution in [-0.4, -0.2) is 31.1 Å². The predicted molar refractivity (Wildman–Crippen MR) is 125 cm³/mol. The molecule has 0 aliphatic rings. The zero-order valence-corrected chi connectivity index (χ0v) is 18.3. The third-order valence-electron chi connectivity index (χ3n) is 5.04. The second kappa shape index (κ2) is 12.3. The number of nitrogens with one attached hydrogen (secondary N) is 1. The van der Waals surface area contributed by atoms with Crippen molar-refractivity contribution in [3.8, 4) is 5.75 Å². The molecule has 1 atom stereocenters. The molecule has 1 unspecified atom stereocenters. The standard InChI is InChI=1S/C27H29NO4/c1-21(16-17-22-10-4-2-5-11-22)28-26(29)19-32-27(30)20-31-25-15-9-8-14-24(25)18-23-12-6-3-7-13-23/h2-15,21H,16-20H2,1H3,(H,28,29). The van der Waals surface area contributed by atoms with Crippen molar-refractivity contribution in [3.05, 3.63) is 102 Å². The van der Waals surface area contributed by atoms with Crippen molar-refractivity contribution in [2.24, 2.45) is 0 Å². The second-order valence-corrected chi connectivity index (χ2v) is 7.71. The molecular weight excluding hydrogens is 402 g/mol. The fraction of sp³-hybridized carbons (Fsp3) is 0.259. The van der Waals surface area contributed by atoms with Crippen LogP contribution in [0.4, 0.5) is 0 Å². The lowest BCUT2D eigenvalue weighted by atomic mass is 10.0. The fourth-order valence-corrected chi connectivity index (χ4v) is 3.35. The summed E-state index contributed by atoms with van der Waals surface area (Å²) in [5.74, 6) is -0.262. The molecule has 3 rings (SSSR count). The topological polar surface area (TPSA) is 64.6 Å². The van der Waals surface area contributed by atoms with E-state index in [0.717, 1.165) is 24.0 Å². The van der Waals surface area contributed by atoms with E-state index >= 15 is 0 Å². The molecule has 5 nitrogen and oxygen atoms in total. The minimum atomic E-state index is -0.577. The van der Waals surface area contributed by atoms with Gasteiger partial charge in [0, 0.05) is 12.5 Å². The monoisotopic (exact) mass is 431 g/mol. The van der Waals surface area contributed by atoms with E-state index in [2.05, 4.69) is 17.4 Å². The van der Waals surface area contributed by atoms with Gasteiger partial charge in [0.25, 0.3) is 5.91 Å². The molecule has 0 radical (unpaired) electrons. The lowest BCUT2D eigenvalue weighted by Crippen LogP contribution is -2.36. The number of aryl methyl sites for hydroxylation is 1. The highest BCUT2D eigenvalue weighted by atomic mass is 16.6. The molecule has 0 spiro atoms. The van der Waals surface area contributed by atoms with Crippen LogP contribution in [0.3, 0.4) is 0 Å². The first-order chi connectivity index (χ1) is 15.6. The number of rotatable bonds is 11. The van der Waals surface area contributed by atoms with Gasteiger partial charge in [-0.3, -0.25) is 4.79 Å². The van der Waals surface area contributed by atoms with Crippen molar-refractivity contribution in [1.82, 2.24) is 5.32 Å². The Morgan fingerprint density at radius 3 is 2.16 bits per heavy atom. The van der Waals surface area contributed by atoms with Gasteiger partial charge in [-0.05, 0) is 42.5 Å². The summed E-state index contributed by atoms with van der Waals surface area (Å²) in [5, 5.41) is 2.86. The lowest BCUT2D eigenvalue weighted by Gasteiger charge is -2.14. The van der Waals surface area contributed by atoms with Crippen molar-refractivity contribution in [2.75, 3.05) is 13.2 Å². The molecule has 1 amide bonds. The largest absolute Gasteiger partial charge is 0.482 e. The number of esters is 1. The summed E-state index contributed by atoms with van der Waals surface area (Å²) in [5.41, 5.74) is 3.37. The predicted octanol–water partition coefficient (Wildman–Crippen LogP) is 4.34. The number of carbonyl (C=O) groups excluding carboxylic acids is 2. The van der Waals surface area contributed by atoms with E-state index in [1.54, 1.807) is 0 Å². The summed E-state index contributed by atoms with van der Waals surface area (Å²) < 4.78 is 10.7. The molecule has 0 saturated carbocycles. The first-order valence-electron chi connectivity index (χ1n) is 10.8. The van der Waals surface area contributed by atoms with E-state index in [-0.39, 0.29) is 25.2 Å². The molecular formula is C27H29NO4. The average Bonchev–Trinajstić information content (AvgIpc) is 2.82. The third kappa shape index (κ3) is 7.91. The van der Waals surface area contributed by atoms with Crippen LogP contribution in [0.5, 0.6) is 5.75 Å². The van der Waals surface area contributed by atoms with E-state index in [0.29, 0.717) is 12.2 Å². The number of hydrogen-bond acceptors (Lipinski definition) is 4. The van der Waals surface area contributed by atoms with Crippen LogP contribution in [0.25, 0.3) is 0 Å². The quantitative estimate of drug-likeness (QED) is 0.459. The smallest absolute Gasteiger partial charge is 0.344 e. The van der Waals surface area contributed by atoms with Gasteiger partial charge in [0.2, 0.25) is 0 Å². The maximum absolute atomic E-state index is 12.1. The van der Waals surface area contributed by atoms with Gasteiger partial charge in [-0.15, -0.1) is 0 Å². The summed E-state index contributed by atoms with van der Waals surface area (Å²) in [6.45, 7) is 1.38. The van der Waals surface area contributed by atoms with Crippen molar-refractivity contribution >= 4 is 11.9 Å². The van der Waals surface area contributed by atoms with Crippen LogP contribution in [-0.2, 0) is 27.2 Å². The van der Waals surface area contributed by atoms with Crippen molar-refractivity contribution < 1.29 is 19.1 Å². The molecule has 0 aromatic heterocycles. The zero-order valence-electron chi connectivity index (χ0n) is 18.3. The van der Waals surface area contributed by atoms with Crippen LogP contribution in [0.15, 0.2) is 84.9 Å². The van der Waals surface area contributed by atoms with Gasteiger partial charge < -0.3 is 14.8 Å². The molecule has 1 N–H and O–H groups in total. The summed E-state index contributed by atoms with van der Waals surface area (Å²) in [6, 6.07) is 27.7. The first kappa shape index (κ1) is 23.1. The molecule has 0 fully saturated rings. The van der Waals surface area contributed by atoms with E-state index in [1.165, 1.54) is 5.56 Å². The highest BCUT2D eigenvalue weighted by molar-refractivity contribution is 5.81. The number of benzene rings is 3. The first-order valence-corrected chi connectivity index (χ1v) is 10.8. The minimum Gasteiger partial charge on any atom is -0.482 e. The van der Waals surface area contributed by atoms with Crippen LogP contribution >= 0.6 is 0 Å². The average molecular weight is 432 g/mol.